The number of pyridine rings is 1. The molecule has 1 aliphatic rings. The van der Waals surface area contributed by atoms with E-state index < -0.39 is 0 Å². The third-order valence-electron chi connectivity index (χ3n) is 5.44. The Bertz CT molecular complexity index is 806. The second kappa shape index (κ2) is 9.52. The van der Waals surface area contributed by atoms with Crippen molar-refractivity contribution < 1.29 is 4.79 Å². The molecule has 4 nitrogen and oxygen atoms in total. The number of nitrogens with one attached hydrogen (secondary N) is 1. The normalized spacial score (nSPS) is 13.8. The van der Waals surface area contributed by atoms with E-state index in [2.05, 4.69) is 24.1 Å². The maximum Gasteiger partial charge on any atom is 0.251 e. The molecule has 2 aromatic rings. The van der Waals surface area contributed by atoms with Crippen LogP contribution in [0.25, 0.3) is 10.9 Å². The molecular formula is C22H30ClN3O. The fraction of sp³-hybridized carbons (Fsp3) is 0.545. The molecule has 146 valence electrons. The van der Waals surface area contributed by atoms with Crippen LogP contribution in [0.15, 0.2) is 18.2 Å². The van der Waals surface area contributed by atoms with Crippen molar-refractivity contribution in [3.63, 3.8) is 0 Å². The number of amides is 1. The summed E-state index contributed by atoms with van der Waals surface area (Å²) in [6, 6.07) is 5.67. The molecule has 1 amide bonds. The van der Waals surface area contributed by atoms with Crippen LogP contribution < -0.4 is 5.32 Å². The fourth-order valence-electron chi connectivity index (χ4n) is 3.75. The number of fused-ring (bicyclic) bond motifs is 2. The van der Waals surface area contributed by atoms with Gasteiger partial charge in [0.1, 0.15) is 0 Å². The Balaban J connectivity index is 1.68. The average Bonchev–Trinajstić information content (AvgIpc) is 2.70. The average molecular weight is 388 g/mol. The third kappa shape index (κ3) is 4.80. The number of aryl methyl sites for hydroxylation is 1. The van der Waals surface area contributed by atoms with Gasteiger partial charge in [-0.05, 0) is 62.9 Å². The van der Waals surface area contributed by atoms with Crippen LogP contribution in [0.5, 0.6) is 0 Å². The number of hydrogen-bond acceptors (Lipinski definition) is 3. The van der Waals surface area contributed by atoms with Crippen LogP contribution in [0, 0.1) is 0 Å². The lowest BCUT2D eigenvalue weighted by atomic mass is 9.94. The van der Waals surface area contributed by atoms with E-state index in [1.54, 1.807) is 0 Å². The predicted molar refractivity (Wildman–Crippen MR) is 113 cm³/mol. The third-order valence-corrected chi connectivity index (χ3v) is 5.88. The maximum absolute atomic E-state index is 12.6. The van der Waals surface area contributed by atoms with Gasteiger partial charge in [0.05, 0.1) is 10.5 Å². The zero-order valence-electron chi connectivity index (χ0n) is 16.5. The summed E-state index contributed by atoms with van der Waals surface area (Å²) in [7, 11) is 0. The Kier molecular flexibility index (Phi) is 7.08. The second-order valence-corrected chi connectivity index (χ2v) is 7.71. The molecule has 27 heavy (non-hydrogen) atoms. The molecule has 1 aromatic carbocycles. The monoisotopic (exact) mass is 387 g/mol. The Morgan fingerprint density at radius 3 is 2.81 bits per heavy atom. The molecule has 0 saturated heterocycles. The lowest BCUT2D eigenvalue weighted by Crippen LogP contribution is -2.35. The van der Waals surface area contributed by atoms with Crippen molar-refractivity contribution in [2.75, 3.05) is 26.2 Å². The Morgan fingerprint density at radius 2 is 2.04 bits per heavy atom. The molecule has 5 heteroatoms. The summed E-state index contributed by atoms with van der Waals surface area (Å²) in [6.07, 6.45) is 6.71. The van der Waals surface area contributed by atoms with Crippen LogP contribution >= 0.6 is 11.6 Å². The van der Waals surface area contributed by atoms with Gasteiger partial charge in [-0.1, -0.05) is 37.9 Å². The van der Waals surface area contributed by atoms with Crippen molar-refractivity contribution in [2.45, 2.75) is 52.4 Å². The van der Waals surface area contributed by atoms with Gasteiger partial charge in [0.2, 0.25) is 0 Å². The van der Waals surface area contributed by atoms with Gasteiger partial charge in [0.25, 0.3) is 5.91 Å². The number of aromatic nitrogens is 1. The fourth-order valence-corrected chi connectivity index (χ4v) is 4.11. The molecule has 0 unspecified atom stereocenters. The molecule has 0 atom stereocenters. The first kappa shape index (κ1) is 20.1. The number of carbonyl (C=O) groups is 1. The van der Waals surface area contributed by atoms with Crippen molar-refractivity contribution in [1.29, 1.82) is 0 Å². The quantitative estimate of drug-likeness (QED) is 0.718. The number of hydrogen-bond donors (Lipinski definition) is 1. The minimum atomic E-state index is -0.0425. The molecule has 0 aliphatic heterocycles. The van der Waals surface area contributed by atoms with E-state index in [-0.39, 0.29) is 5.91 Å². The van der Waals surface area contributed by atoms with E-state index in [4.69, 9.17) is 16.6 Å². The molecule has 0 radical (unpaired) electrons. The maximum atomic E-state index is 12.6. The van der Waals surface area contributed by atoms with Gasteiger partial charge in [-0.2, -0.15) is 0 Å². The van der Waals surface area contributed by atoms with Gasteiger partial charge < -0.3 is 10.2 Å². The van der Waals surface area contributed by atoms with Gasteiger partial charge >= 0.3 is 0 Å². The number of unbranched alkanes of at least 4 members (excludes halogenated alkanes) is 1. The SMILES string of the molecule is CCCCN(CC)CCNC(=O)c1ccc2c(Cl)c3c(nc2c1)CCCC3. The smallest absolute Gasteiger partial charge is 0.251 e. The first-order valence-electron chi connectivity index (χ1n) is 10.3. The van der Waals surface area contributed by atoms with Crippen molar-refractivity contribution in [3.05, 3.63) is 40.0 Å². The summed E-state index contributed by atoms with van der Waals surface area (Å²) < 4.78 is 0. The highest BCUT2D eigenvalue weighted by atomic mass is 35.5. The molecule has 0 bridgehead atoms. The summed E-state index contributed by atoms with van der Waals surface area (Å²) in [6.45, 7) is 8.01. The Labute approximate surface area is 167 Å². The topological polar surface area (TPSA) is 45.2 Å². The van der Waals surface area contributed by atoms with Gasteiger partial charge in [0, 0.05) is 29.7 Å². The van der Waals surface area contributed by atoms with Crippen LogP contribution in [0.1, 0.15) is 61.1 Å². The molecule has 1 heterocycles. The zero-order chi connectivity index (χ0) is 19.2. The van der Waals surface area contributed by atoms with Crippen molar-refractivity contribution in [2.24, 2.45) is 0 Å². The largest absolute Gasteiger partial charge is 0.351 e. The van der Waals surface area contributed by atoms with Gasteiger partial charge in [-0.15, -0.1) is 0 Å². The van der Waals surface area contributed by atoms with Crippen LogP contribution in [0.2, 0.25) is 5.02 Å². The predicted octanol–water partition coefficient (Wildman–Crippen LogP) is 4.62. The van der Waals surface area contributed by atoms with Crippen molar-refractivity contribution >= 4 is 28.4 Å². The Hall–Kier alpha value is -1.65. The molecule has 0 fully saturated rings. The van der Waals surface area contributed by atoms with Crippen molar-refractivity contribution in [1.82, 2.24) is 15.2 Å². The summed E-state index contributed by atoms with van der Waals surface area (Å²) in [5.41, 5.74) is 3.77. The lowest BCUT2D eigenvalue weighted by molar-refractivity contribution is 0.0948. The number of benzene rings is 1. The van der Waals surface area contributed by atoms with Gasteiger partial charge in [0.15, 0.2) is 0 Å². The lowest BCUT2D eigenvalue weighted by Gasteiger charge is -2.20. The van der Waals surface area contributed by atoms with E-state index in [0.29, 0.717) is 12.1 Å². The standard InChI is InChI=1S/C22H30ClN3O/c1-3-5-13-26(4-2)14-12-24-22(27)16-10-11-18-20(15-16)25-19-9-7-6-8-17(19)21(18)23/h10-11,15H,3-9,12-14H2,1-2H3,(H,24,27). The van der Waals surface area contributed by atoms with E-state index in [1.165, 1.54) is 24.8 Å². The molecule has 0 spiro atoms. The summed E-state index contributed by atoms with van der Waals surface area (Å²) in [5, 5.41) is 4.81. The highest BCUT2D eigenvalue weighted by Crippen LogP contribution is 2.33. The zero-order valence-corrected chi connectivity index (χ0v) is 17.2. The summed E-state index contributed by atoms with van der Waals surface area (Å²) in [4.78, 5) is 19.7. The second-order valence-electron chi connectivity index (χ2n) is 7.33. The number of halogens is 1. The molecule has 3 rings (SSSR count). The van der Waals surface area contributed by atoms with Gasteiger partial charge in [-0.25, -0.2) is 0 Å². The minimum Gasteiger partial charge on any atom is -0.351 e. The van der Waals surface area contributed by atoms with Gasteiger partial charge in [-0.3, -0.25) is 9.78 Å². The molecule has 1 aromatic heterocycles. The molecule has 1 aliphatic carbocycles. The molecule has 1 N–H and O–H groups in total. The minimum absolute atomic E-state index is 0.0425. The highest BCUT2D eigenvalue weighted by molar-refractivity contribution is 6.36. The van der Waals surface area contributed by atoms with E-state index in [0.717, 1.165) is 60.5 Å². The van der Waals surface area contributed by atoms with Crippen LogP contribution in [0.4, 0.5) is 0 Å². The summed E-state index contributed by atoms with van der Waals surface area (Å²) in [5.74, 6) is -0.0425. The molecule has 0 saturated carbocycles. The number of nitrogens with zero attached hydrogens (tertiary/aromatic N) is 2. The molecular weight excluding hydrogens is 358 g/mol. The summed E-state index contributed by atoms with van der Waals surface area (Å²) >= 11 is 6.62. The highest BCUT2D eigenvalue weighted by Gasteiger charge is 2.18. The van der Waals surface area contributed by atoms with Crippen LogP contribution in [0.3, 0.4) is 0 Å². The number of likely N-dealkylation sites (N-methyl/N-ethyl adjacent to an activating group) is 1. The number of carbonyl (C=O) groups excluding carboxylic acids is 1. The first-order valence-corrected chi connectivity index (χ1v) is 10.6. The van der Waals surface area contributed by atoms with Crippen LogP contribution in [-0.2, 0) is 12.8 Å². The van der Waals surface area contributed by atoms with Crippen molar-refractivity contribution in [3.8, 4) is 0 Å². The van der Waals surface area contributed by atoms with E-state index in [9.17, 15) is 4.79 Å². The van der Waals surface area contributed by atoms with E-state index >= 15 is 0 Å². The number of rotatable bonds is 8. The van der Waals surface area contributed by atoms with E-state index in [1.807, 2.05) is 18.2 Å². The first-order chi connectivity index (χ1) is 13.1. The Morgan fingerprint density at radius 1 is 1.22 bits per heavy atom. The van der Waals surface area contributed by atoms with Crippen LogP contribution in [-0.4, -0.2) is 42.0 Å².